The molecule has 0 saturated heterocycles. The lowest BCUT2D eigenvalue weighted by Gasteiger charge is -2.33. The average Bonchev–Trinajstić information content (AvgIpc) is 2.90. The smallest absolute Gasteiger partial charge is 0.109 e. The topological polar surface area (TPSA) is 48.3 Å². The van der Waals surface area contributed by atoms with Crippen LogP contribution < -0.4 is 5.32 Å². The molecule has 1 aliphatic rings. The average molecular weight is 295 g/mol. The maximum atomic E-state index is 9.63. The highest BCUT2D eigenvalue weighted by molar-refractivity contribution is 5.14. The maximum Gasteiger partial charge on any atom is 0.109 e. The quantitative estimate of drug-likeness (QED) is 0.673. The summed E-state index contributed by atoms with van der Waals surface area (Å²) in [5.41, 5.74) is -0.281. The predicted octanol–water partition coefficient (Wildman–Crippen LogP) is 2.80. The molecule has 0 heterocycles. The van der Waals surface area contributed by atoms with Crippen molar-refractivity contribution in [1.82, 2.24) is 10.2 Å². The fourth-order valence-corrected chi connectivity index (χ4v) is 3.54. The molecule has 0 aromatic rings. The van der Waals surface area contributed by atoms with Gasteiger partial charge in [-0.15, -0.1) is 0 Å². The first kappa shape index (κ1) is 18.4. The summed E-state index contributed by atoms with van der Waals surface area (Å²) in [6.07, 6.45) is 5.62. The molecule has 122 valence electrons. The van der Waals surface area contributed by atoms with E-state index in [0.29, 0.717) is 12.0 Å². The number of ether oxygens (including phenoxy) is 1. The summed E-state index contributed by atoms with van der Waals surface area (Å²) in [4.78, 5) is 2.51. The van der Waals surface area contributed by atoms with Crippen LogP contribution in [0.2, 0.25) is 0 Å². The van der Waals surface area contributed by atoms with E-state index in [0.717, 1.165) is 45.5 Å². The molecule has 1 N–H and O–H groups in total. The fourth-order valence-electron chi connectivity index (χ4n) is 3.54. The molecule has 4 nitrogen and oxygen atoms in total. The Balaban J connectivity index is 2.59. The van der Waals surface area contributed by atoms with Crippen LogP contribution in [0.15, 0.2) is 0 Å². The minimum absolute atomic E-state index is 0.281. The minimum atomic E-state index is -0.281. The van der Waals surface area contributed by atoms with Crippen molar-refractivity contribution in [3.63, 3.8) is 0 Å². The normalized spacial score (nSPS) is 27.0. The van der Waals surface area contributed by atoms with Crippen LogP contribution in [0.25, 0.3) is 0 Å². The number of nitriles is 1. The van der Waals surface area contributed by atoms with Gasteiger partial charge in [0.2, 0.25) is 0 Å². The second kappa shape index (κ2) is 9.40. The largest absolute Gasteiger partial charge is 0.383 e. The second-order valence-electron chi connectivity index (χ2n) is 6.28. The Morgan fingerprint density at radius 2 is 2.19 bits per heavy atom. The highest BCUT2D eigenvalue weighted by Gasteiger charge is 2.42. The number of methoxy groups -OCH3 is 1. The lowest BCUT2D eigenvalue weighted by atomic mass is 9.85. The molecule has 3 unspecified atom stereocenters. The summed E-state index contributed by atoms with van der Waals surface area (Å²) in [5, 5.41) is 13.1. The lowest BCUT2D eigenvalue weighted by molar-refractivity contribution is 0.114. The Morgan fingerprint density at radius 3 is 2.76 bits per heavy atom. The maximum absolute atomic E-state index is 9.63. The Kier molecular flexibility index (Phi) is 8.24. The molecule has 3 atom stereocenters. The number of hydrogen-bond donors (Lipinski definition) is 1. The van der Waals surface area contributed by atoms with E-state index in [1.807, 2.05) is 0 Å². The predicted molar refractivity (Wildman–Crippen MR) is 87.2 cm³/mol. The molecule has 0 radical (unpaired) electrons. The Labute approximate surface area is 130 Å². The van der Waals surface area contributed by atoms with Crippen molar-refractivity contribution >= 4 is 0 Å². The number of rotatable bonds is 10. The van der Waals surface area contributed by atoms with E-state index in [2.05, 4.69) is 37.1 Å². The first-order valence-electron chi connectivity index (χ1n) is 8.52. The fraction of sp³-hybridized carbons (Fsp3) is 0.941. The molecule has 21 heavy (non-hydrogen) atoms. The zero-order chi connectivity index (χ0) is 15.7. The van der Waals surface area contributed by atoms with E-state index >= 15 is 0 Å². The van der Waals surface area contributed by atoms with E-state index in [1.165, 1.54) is 12.8 Å². The molecule has 0 bridgehead atoms. The molecule has 1 fully saturated rings. The van der Waals surface area contributed by atoms with Crippen molar-refractivity contribution < 1.29 is 4.74 Å². The van der Waals surface area contributed by atoms with E-state index in [9.17, 15) is 5.26 Å². The van der Waals surface area contributed by atoms with Crippen molar-refractivity contribution in [2.75, 3.05) is 33.4 Å². The van der Waals surface area contributed by atoms with Gasteiger partial charge in [0.25, 0.3) is 0 Å². The second-order valence-corrected chi connectivity index (χ2v) is 6.28. The van der Waals surface area contributed by atoms with Crippen LogP contribution in [0, 0.1) is 17.2 Å². The van der Waals surface area contributed by atoms with Crippen molar-refractivity contribution in [2.24, 2.45) is 5.92 Å². The Bertz CT molecular complexity index is 328. The van der Waals surface area contributed by atoms with Crippen LogP contribution in [-0.2, 0) is 4.74 Å². The first-order valence-corrected chi connectivity index (χ1v) is 8.52. The molecule has 0 aromatic heterocycles. The van der Waals surface area contributed by atoms with Gasteiger partial charge in [0.1, 0.15) is 5.54 Å². The lowest BCUT2D eigenvalue weighted by Crippen LogP contribution is -2.48. The highest BCUT2D eigenvalue weighted by Crippen LogP contribution is 2.37. The zero-order valence-corrected chi connectivity index (χ0v) is 14.3. The molecule has 0 aromatic carbocycles. The van der Waals surface area contributed by atoms with E-state index in [1.54, 1.807) is 7.11 Å². The van der Waals surface area contributed by atoms with Crippen LogP contribution in [0.4, 0.5) is 0 Å². The van der Waals surface area contributed by atoms with Gasteiger partial charge < -0.3 is 4.74 Å². The van der Waals surface area contributed by atoms with Crippen LogP contribution in [0.1, 0.15) is 52.9 Å². The third-order valence-corrected chi connectivity index (χ3v) is 5.07. The SMILES string of the molecule is CCNC1(C#N)CCCC1CCN(CCOC)C(C)CC. The highest BCUT2D eigenvalue weighted by atomic mass is 16.5. The van der Waals surface area contributed by atoms with Crippen molar-refractivity contribution in [1.29, 1.82) is 5.26 Å². The van der Waals surface area contributed by atoms with Gasteiger partial charge in [-0.05, 0) is 51.6 Å². The molecule has 0 spiro atoms. The number of nitrogens with one attached hydrogen (secondary N) is 1. The molecule has 0 amide bonds. The van der Waals surface area contributed by atoms with Gasteiger partial charge in [-0.3, -0.25) is 10.2 Å². The van der Waals surface area contributed by atoms with Crippen LogP contribution in [-0.4, -0.2) is 49.8 Å². The van der Waals surface area contributed by atoms with Gasteiger partial charge in [0.15, 0.2) is 0 Å². The summed E-state index contributed by atoms with van der Waals surface area (Å²) in [6.45, 7) is 10.3. The number of hydrogen-bond acceptors (Lipinski definition) is 4. The van der Waals surface area contributed by atoms with Gasteiger partial charge in [0.05, 0.1) is 12.7 Å². The standard InChI is InChI=1S/C17H33N3O/c1-5-15(3)20(12-13-21-4)11-9-16-8-7-10-17(16,14-18)19-6-2/h15-16,19H,5-13H2,1-4H3. The molecule has 1 saturated carbocycles. The summed E-state index contributed by atoms with van der Waals surface area (Å²) in [7, 11) is 1.76. The van der Waals surface area contributed by atoms with Gasteiger partial charge >= 0.3 is 0 Å². The van der Waals surface area contributed by atoms with Crippen LogP contribution in [0.5, 0.6) is 0 Å². The van der Waals surface area contributed by atoms with Crippen molar-refractivity contribution in [3.05, 3.63) is 0 Å². The molecule has 1 aliphatic carbocycles. The summed E-state index contributed by atoms with van der Waals surface area (Å²) < 4.78 is 5.23. The summed E-state index contributed by atoms with van der Waals surface area (Å²) in [6, 6.07) is 3.16. The zero-order valence-electron chi connectivity index (χ0n) is 14.3. The Morgan fingerprint density at radius 1 is 1.43 bits per heavy atom. The number of nitrogens with zero attached hydrogens (tertiary/aromatic N) is 2. The molecule has 4 heteroatoms. The van der Waals surface area contributed by atoms with Crippen LogP contribution >= 0.6 is 0 Å². The molecular weight excluding hydrogens is 262 g/mol. The van der Waals surface area contributed by atoms with Gasteiger partial charge in [0, 0.05) is 19.7 Å². The third kappa shape index (κ3) is 4.95. The van der Waals surface area contributed by atoms with Crippen molar-refractivity contribution in [3.8, 4) is 6.07 Å². The van der Waals surface area contributed by atoms with Gasteiger partial charge in [-0.2, -0.15) is 5.26 Å². The van der Waals surface area contributed by atoms with Crippen LogP contribution in [0.3, 0.4) is 0 Å². The van der Waals surface area contributed by atoms with Gasteiger partial charge in [-0.25, -0.2) is 0 Å². The van der Waals surface area contributed by atoms with Crippen molar-refractivity contribution in [2.45, 2.75) is 64.5 Å². The van der Waals surface area contributed by atoms with E-state index < -0.39 is 0 Å². The van der Waals surface area contributed by atoms with E-state index in [4.69, 9.17) is 4.74 Å². The first-order chi connectivity index (χ1) is 10.1. The molecule has 1 rings (SSSR count). The molecule has 0 aliphatic heterocycles. The third-order valence-electron chi connectivity index (χ3n) is 5.07. The minimum Gasteiger partial charge on any atom is -0.383 e. The monoisotopic (exact) mass is 295 g/mol. The Hall–Kier alpha value is -0.630. The van der Waals surface area contributed by atoms with Gasteiger partial charge in [-0.1, -0.05) is 20.3 Å². The summed E-state index contributed by atoms with van der Waals surface area (Å²) >= 11 is 0. The summed E-state index contributed by atoms with van der Waals surface area (Å²) in [5.74, 6) is 0.483. The molecular formula is C17H33N3O. The van der Waals surface area contributed by atoms with E-state index in [-0.39, 0.29) is 5.54 Å².